The summed E-state index contributed by atoms with van der Waals surface area (Å²) in [6, 6.07) is 12.7. The van der Waals surface area contributed by atoms with Gasteiger partial charge in [0.05, 0.1) is 12.7 Å². The van der Waals surface area contributed by atoms with E-state index >= 15 is 0 Å². The number of rotatable bonds is 8. The number of benzene rings is 2. The SMILES string of the molecule is COc1cc([C@@H](CC(=O)NCCc2ccc(O)c(O)c2)c2c(O)nc3ccccn3c2=O)cc2c1OCO2. The Balaban J connectivity index is 1.48. The van der Waals surface area contributed by atoms with Gasteiger partial charge in [-0.2, -0.15) is 4.98 Å². The van der Waals surface area contributed by atoms with E-state index in [1.54, 1.807) is 36.4 Å². The molecule has 11 heteroatoms. The number of nitrogens with zero attached hydrogens (tertiary/aromatic N) is 2. The summed E-state index contributed by atoms with van der Waals surface area (Å²) >= 11 is 0. The number of fused-ring (bicyclic) bond motifs is 2. The Morgan fingerprint density at radius 1 is 1.13 bits per heavy atom. The number of amides is 1. The van der Waals surface area contributed by atoms with Crippen LogP contribution in [-0.4, -0.2) is 51.1 Å². The first kappa shape index (κ1) is 24.8. The summed E-state index contributed by atoms with van der Waals surface area (Å²) in [5.74, 6) is -1.06. The van der Waals surface area contributed by atoms with Gasteiger partial charge in [0.25, 0.3) is 5.56 Å². The van der Waals surface area contributed by atoms with Crippen LogP contribution in [-0.2, 0) is 11.2 Å². The van der Waals surface area contributed by atoms with E-state index in [2.05, 4.69) is 10.3 Å². The lowest BCUT2D eigenvalue weighted by Gasteiger charge is -2.20. The highest BCUT2D eigenvalue weighted by Gasteiger charge is 2.30. The zero-order valence-electron chi connectivity index (χ0n) is 20.4. The summed E-state index contributed by atoms with van der Waals surface area (Å²) in [4.78, 5) is 30.8. The summed E-state index contributed by atoms with van der Waals surface area (Å²) in [6.45, 7) is 0.236. The van der Waals surface area contributed by atoms with Crippen molar-refractivity contribution in [2.45, 2.75) is 18.8 Å². The van der Waals surface area contributed by atoms with Gasteiger partial charge in [-0.05, 0) is 53.9 Å². The van der Waals surface area contributed by atoms with Crippen molar-refractivity contribution in [2.75, 3.05) is 20.4 Å². The van der Waals surface area contributed by atoms with Crippen LogP contribution in [0.15, 0.2) is 59.5 Å². The van der Waals surface area contributed by atoms with Gasteiger partial charge in [0.2, 0.25) is 24.3 Å². The molecule has 0 spiro atoms. The Bertz CT molecular complexity index is 1580. The number of phenolic OH excluding ortho intramolecular Hbond substituents is 2. The van der Waals surface area contributed by atoms with Gasteiger partial charge < -0.3 is 34.8 Å². The van der Waals surface area contributed by atoms with Crippen LogP contribution < -0.4 is 25.1 Å². The fraction of sp³-hybridized carbons (Fsp3) is 0.222. The van der Waals surface area contributed by atoms with Crippen LogP contribution in [0.2, 0.25) is 0 Å². The van der Waals surface area contributed by atoms with Crippen molar-refractivity contribution in [3.05, 3.63) is 81.8 Å². The minimum absolute atomic E-state index is 0.00144. The Morgan fingerprint density at radius 3 is 2.76 bits per heavy atom. The Labute approximate surface area is 216 Å². The number of methoxy groups -OCH3 is 1. The molecule has 3 heterocycles. The highest BCUT2D eigenvalue weighted by atomic mass is 16.7. The molecule has 1 atom stereocenters. The minimum Gasteiger partial charge on any atom is -0.504 e. The third kappa shape index (κ3) is 4.73. The van der Waals surface area contributed by atoms with Crippen LogP contribution in [0.4, 0.5) is 0 Å². The van der Waals surface area contributed by atoms with Crippen molar-refractivity contribution in [3.8, 4) is 34.6 Å². The number of hydrogen-bond donors (Lipinski definition) is 4. The molecule has 0 radical (unpaired) electrons. The second kappa shape index (κ2) is 10.2. The van der Waals surface area contributed by atoms with Crippen molar-refractivity contribution >= 4 is 11.6 Å². The topological polar surface area (TPSA) is 152 Å². The van der Waals surface area contributed by atoms with Gasteiger partial charge >= 0.3 is 0 Å². The van der Waals surface area contributed by atoms with Gasteiger partial charge in [-0.25, -0.2) is 0 Å². The summed E-state index contributed by atoms with van der Waals surface area (Å²) in [6.07, 6.45) is 1.75. The molecule has 0 saturated carbocycles. The number of carbonyl (C=O) groups is 1. The van der Waals surface area contributed by atoms with E-state index in [0.717, 1.165) is 0 Å². The first-order valence-corrected chi connectivity index (χ1v) is 11.8. The quantitative estimate of drug-likeness (QED) is 0.257. The van der Waals surface area contributed by atoms with Gasteiger partial charge in [-0.3, -0.25) is 14.0 Å². The summed E-state index contributed by atoms with van der Waals surface area (Å²) in [5, 5.41) is 32.8. The zero-order valence-corrected chi connectivity index (χ0v) is 20.4. The van der Waals surface area contributed by atoms with Crippen LogP contribution in [0, 0.1) is 0 Å². The smallest absolute Gasteiger partial charge is 0.265 e. The number of ether oxygens (including phenoxy) is 3. The van der Waals surface area contributed by atoms with Crippen molar-refractivity contribution in [1.29, 1.82) is 0 Å². The molecule has 0 saturated heterocycles. The van der Waals surface area contributed by atoms with Crippen LogP contribution in [0.5, 0.6) is 34.6 Å². The van der Waals surface area contributed by atoms with E-state index in [9.17, 15) is 24.9 Å². The molecule has 2 aromatic carbocycles. The van der Waals surface area contributed by atoms with Crippen molar-refractivity contribution in [2.24, 2.45) is 0 Å². The molecule has 0 aliphatic carbocycles. The average molecular weight is 520 g/mol. The number of pyridine rings is 1. The van der Waals surface area contributed by atoms with Gasteiger partial charge in [-0.15, -0.1) is 0 Å². The van der Waals surface area contributed by atoms with Crippen LogP contribution in [0.1, 0.15) is 29.0 Å². The molecule has 0 bridgehead atoms. The molecule has 1 aliphatic heterocycles. The molecule has 0 unspecified atom stereocenters. The summed E-state index contributed by atoms with van der Waals surface area (Å²) < 4.78 is 17.8. The van der Waals surface area contributed by atoms with Crippen molar-refractivity contribution in [3.63, 3.8) is 0 Å². The maximum Gasteiger partial charge on any atom is 0.265 e. The second-order valence-corrected chi connectivity index (χ2v) is 8.72. The molecule has 38 heavy (non-hydrogen) atoms. The molecular formula is C27H25N3O8. The molecule has 2 aromatic heterocycles. The lowest BCUT2D eigenvalue weighted by molar-refractivity contribution is -0.121. The van der Waals surface area contributed by atoms with Gasteiger partial charge in [0, 0.05) is 25.1 Å². The largest absolute Gasteiger partial charge is 0.504 e. The van der Waals surface area contributed by atoms with Gasteiger partial charge in [0.15, 0.2) is 23.0 Å². The third-order valence-corrected chi connectivity index (χ3v) is 6.35. The minimum atomic E-state index is -0.895. The van der Waals surface area contributed by atoms with Crippen molar-refractivity contribution in [1.82, 2.24) is 14.7 Å². The standard InChI is InChI=1S/C27H25N3O8/c1-36-20-11-16(12-21-25(20)38-14-37-21)17(24-26(34)29-22-4-2-3-9-30(22)27(24)35)13-23(33)28-8-7-15-5-6-18(31)19(32)10-15/h2-6,9-12,17,31-32,34H,7-8,13-14H2,1H3,(H,28,33)/t17-/m1/s1. The van der Waals surface area contributed by atoms with E-state index in [-0.39, 0.29) is 48.4 Å². The Hall–Kier alpha value is -4.93. The fourth-order valence-corrected chi connectivity index (χ4v) is 4.46. The highest BCUT2D eigenvalue weighted by molar-refractivity contribution is 5.78. The predicted octanol–water partition coefficient (Wildman–Crippen LogP) is 2.43. The Morgan fingerprint density at radius 2 is 1.97 bits per heavy atom. The number of nitrogens with one attached hydrogen (secondary N) is 1. The molecule has 1 aliphatic rings. The van der Waals surface area contributed by atoms with Gasteiger partial charge in [-0.1, -0.05) is 12.1 Å². The van der Waals surface area contributed by atoms with E-state index in [1.807, 2.05) is 0 Å². The lowest BCUT2D eigenvalue weighted by atomic mass is 9.88. The molecule has 0 fully saturated rings. The second-order valence-electron chi connectivity index (χ2n) is 8.72. The van der Waals surface area contributed by atoms with Gasteiger partial charge in [0.1, 0.15) is 5.65 Å². The molecule has 4 aromatic rings. The van der Waals surface area contributed by atoms with E-state index < -0.39 is 17.4 Å². The first-order valence-electron chi connectivity index (χ1n) is 11.8. The number of aromatic hydroxyl groups is 3. The number of phenols is 2. The van der Waals surface area contributed by atoms with E-state index in [0.29, 0.717) is 34.8 Å². The molecular weight excluding hydrogens is 494 g/mol. The summed E-state index contributed by atoms with van der Waals surface area (Å²) in [7, 11) is 1.47. The average Bonchev–Trinajstić information content (AvgIpc) is 3.38. The lowest BCUT2D eigenvalue weighted by Crippen LogP contribution is -2.30. The van der Waals surface area contributed by atoms with Crippen LogP contribution in [0.25, 0.3) is 5.65 Å². The van der Waals surface area contributed by atoms with Crippen LogP contribution >= 0.6 is 0 Å². The van der Waals surface area contributed by atoms with E-state index in [1.165, 1.54) is 29.8 Å². The zero-order chi connectivity index (χ0) is 26.8. The monoisotopic (exact) mass is 519 g/mol. The van der Waals surface area contributed by atoms with Crippen molar-refractivity contribution < 1.29 is 34.3 Å². The maximum atomic E-state index is 13.5. The normalized spacial score (nSPS) is 12.9. The number of hydrogen-bond acceptors (Lipinski definition) is 9. The number of aromatic nitrogens is 2. The molecule has 1 amide bonds. The summed E-state index contributed by atoms with van der Waals surface area (Å²) in [5.41, 5.74) is 0.916. The Kier molecular flexibility index (Phi) is 6.65. The van der Waals surface area contributed by atoms with E-state index in [4.69, 9.17) is 14.2 Å². The fourth-order valence-electron chi connectivity index (χ4n) is 4.46. The number of carbonyl (C=O) groups excluding carboxylic acids is 1. The molecule has 4 N–H and O–H groups in total. The molecule has 5 rings (SSSR count). The van der Waals surface area contributed by atoms with Crippen LogP contribution in [0.3, 0.4) is 0 Å². The molecule has 196 valence electrons. The predicted molar refractivity (Wildman–Crippen MR) is 135 cm³/mol. The molecule has 11 nitrogen and oxygen atoms in total. The first-order chi connectivity index (χ1) is 18.4. The maximum absolute atomic E-state index is 13.5. The highest BCUT2D eigenvalue weighted by Crippen LogP contribution is 2.45. The third-order valence-electron chi connectivity index (χ3n) is 6.35.